The van der Waals surface area contributed by atoms with E-state index in [1.165, 1.54) is 23.6 Å². The number of rotatable bonds is 4. The van der Waals surface area contributed by atoms with Crippen molar-refractivity contribution in [3.8, 4) is 0 Å². The van der Waals surface area contributed by atoms with Crippen LogP contribution in [0.2, 0.25) is 5.02 Å². The summed E-state index contributed by atoms with van der Waals surface area (Å²) in [5.41, 5.74) is 0.675. The molecule has 1 saturated heterocycles. The molecule has 1 aliphatic rings. The summed E-state index contributed by atoms with van der Waals surface area (Å²) < 4.78 is 24.1. The summed E-state index contributed by atoms with van der Waals surface area (Å²) in [6, 6.07) is 4.65. The molecular weight excluding hydrogens is 422 g/mol. The molecule has 146 valence electrons. The first-order valence-corrected chi connectivity index (χ1v) is 11.6. The topological polar surface area (TPSA) is 105 Å². The van der Waals surface area contributed by atoms with Gasteiger partial charge in [0.1, 0.15) is 0 Å². The summed E-state index contributed by atoms with van der Waals surface area (Å²) >= 11 is 7.31. The van der Waals surface area contributed by atoms with Crippen LogP contribution in [0, 0.1) is 0 Å². The predicted octanol–water partition coefficient (Wildman–Crippen LogP) is 3.00. The van der Waals surface area contributed by atoms with Gasteiger partial charge in [-0.2, -0.15) is 0 Å². The van der Waals surface area contributed by atoms with Crippen molar-refractivity contribution in [1.29, 1.82) is 0 Å². The Morgan fingerprint density at radius 1 is 1.25 bits per heavy atom. The van der Waals surface area contributed by atoms with Crippen LogP contribution in [0.25, 0.3) is 10.2 Å². The molecule has 3 heterocycles. The van der Waals surface area contributed by atoms with E-state index in [-0.39, 0.29) is 15.6 Å². The minimum atomic E-state index is -3.32. The lowest BCUT2D eigenvalue weighted by molar-refractivity contribution is 0.102. The average Bonchev–Trinajstić information content (AvgIpc) is 3.29. The van der Waals surface area contributed by atoms with Crippen LogP contribution in [-0.4, -0.2) is 48.6 Å². The fourth-order valence-electron chi connectivity index (χ4n) is 2.93. The molecule has 1 aliphatic heterocycles. The molecule has 0 unspecified atom stereocenters. The third-order valence-corrected chi connectivity index (χ3v) is 6.66. The number of carbonyl (C=O) groups is 1. The van der Waals surface area contributed by atoms with Crippen LogP contribution in [0.1, 0.15) is 23.3 Å². The van der Waals surface area contributed by atoms with Crippen LogP contribution in [0.4, 0.5) is 11.1 Å². The maximum atomic E-state index is 12.7. The Balaban J connectivity index is 1.60. The molecule has 0 bridgehead atoms. The highest BCUT2D eigenvalue weighted by atomic mass is 35.5. The molecule has 0 aliphatic carbocycles. The molecule has 4 rings (SSSR count). The van der Waals surface area contributed by atoms with E-state index >= 15 is 0 Å². The Labute approximate surface area is 170 Å². The Morgan fingerprint density at radius 3 is 2.71 bits per heavy atom. The third-order valence-electron chi connectivity index (χ3n) is 4.34. The van der Waals surface area contributed by atoms with E-state index in [0.29, 0.717) is 21.3 Å². The molecular formula is C17H16ClN5O3S2. The Bertz CT molecular complexity index is 1170. The first-order valence-electron chi connectivity index (χ1n) is 8.51. The van der Waals surface area contributed by atoms with Crippen LogP contribution >= 0.6 is 22.9 Å². The number of benzene rings is 1. The summed E-state index contributed by atoms with van der Waals surface area (Å²) in [4.78, 5) is 27.7. The molecule has 0 saturated carbocycles. The number of sulfone groups is 1. The van der Waals surface area contributed by atoms with Crippen molar-refractivity contribution in [3.05, 3.63) is 35.1 Å². The van der Waals surface area contributed by atoms with Crippen molar-refractivity contribution >= 4 is 60.0 Å². The van der Waals surface area contributed by atoms with Gasteiger partial charge in [-0.3, -0.25) is 10.1 Å². The van der Waals surface area contributed by atoms with E-state index in [4.69, 9.17) is 11.6 Å². The fourth-order valence-corrected chi connectivity index (χ4v) is 4.73. The number of hydrogen-bond donors (Lipinski definition) is 1. The SMILES string of the molecule is CS(=O)(=O)c1ccc2nc(NC(=O)c3nc(N4CCCC4)ncc3Cl)sc2c1. The summed E-state index contributed by atoms with van der Waals surface area (Å²) in [5.74, 6) is -0.00983. The van der Waals surface area contributed by atoms with Gasteiger partial charge in [0, 0.05) is 19.3 Å². The number of nitrogens with one attached hydrogen (secondary N) is 1. The summed E-state index contributed by atoms with van der Waals surface area (Å²) in [7, 11) is -3.32. The molecule has 1 fully saturated rings. The second kappa shape index (κ2) is 7.26. The summed E-state index contributed by atoms with van der Waals surface area (Å²) in [5, 5.41) is 3.18. The standard InChI is InChI=1S/C17H16ClN5O3S2/c1-28(25,26)10-4-5-12-13(8-10)27-17(20-12)22-15(24)14-11(18)9-19-16(21-14)23-6-2-3-7-23/h4-5,8-9H,2-3,6-7H2,1H3,(H,20,22,24). The molecule has 1 aromatic carbocycles. The fraction of sp³-hybridized carbons (Fsp3) is 0.294. The molecule has 11 heteroatoms. The zero-order valence-corrected chi connectivity index (χ0v) is 17.2. The van der Waals surface area contributed by atoms with Crippen LogP contribution in [-0.2, 0) is 9.84 Å². The monoisotopic (exact) mass is 437 g/mol. The molecule has 3 aromatic rings. The second-order valence-electron chi connectivity index (χ2n) is 6.44. The highest BCUT2D eigenvalue weighted by Gasteiger charge is 2.21. The van der Waals surface area contributed by atoms with E-state index in [1.54, 1.807) is 12.1 Å². The van der Waals surface area contributed by atoms with Crippen molar-refractivity contribution in [2.45, 2.75) is 17.7 Å². The van der Waals surface area contributed by atoms with Gasteiger partial charge in [0.05, 0.1) is 26.3 Å². The van der Waals surface area contributed by atoms with Crippen LogP contribution in [0.3, 0.4) is 0 Å². The number of fused-ring (bicyclic) bond motifs is 1. The van der Waals surface area contributed by atoms with Crippen molar-refractivity contribution in [2.24, 2.45) is 0 Å². The van der Waals surface area contributed by atoms with E-state index in [0.717, 1.165) is 32.2 Å². The van der Waals surface area contributed by atoms with Crippen LogP contribution < -0.4 is 10.2 Å². The Kier molecular flexibility index (Phi) is 4.94. The smallest absolute Gasteiger partial charge is 0.277 e. The van der Waals surface area contributed by atoms with E-state index < -0.39 is 15.7 Å². The highest BCUT2D eigenvalue weighted by Crippen LogP contribution is 2.29. The quantitative estimate of drug-likeness (QED) is 0.668. The van der Waals surface area contributed by atoms with Crippen molar-refractivity contribution < 1.29 is 13.2 Å². The van der Waals surface area contributed by atoms with Gasteiger partial charge in [-0.1, -0.05) is 22.9 Å². The Morgan fingerprint density at radius 2 is 2.00 bits per heavy atom. The number of amides is 1. The number of hydrogen-bond acceptors (Lipinski definition) is 8. The van der Waals surface area contributed by atoms with Crippen molar-refractivity contribution in [1.82, 2.24) is 15.0 Å². The molecule has 1 amide bonds. The highest BCUT2D eigenvalue weighted by molar-refractivity contribution is 7.90. The van der Waals surface area contributed by atoms with Gasteiger partial charge in [-0.05, 0) is 31.0 Å². The zero-order valence-electron chi connectivity index (χ0n) is 14.8. The first kappa shape index (κ1) is 19.0. The normalized spacial score (nSPS) is 14.6. The third kappa shape index (κ3) is 3.80. The van der Waals surface area contributed by atoms with Gasteiger partial charge >= 0.3 is 0 Å². The number of carbonyl (C=O) groups excluding carboxylic acids is 1. The van der Waals surface area contributed by atoms with Gasteiger partial charge in [0.25, 0.3) is 5.91 Å². The first-order chi connectivity index (χ1) is 13.3. The molecule has 0 radical (unpaired) electrons. The summed E-state index contributed by atoms with van der Waals surface area (Å²) in [6.07, 6.45) is 4.70. The maximum absolute atomic E-state index is 12.7. The number of anilines is 2. The minimum absolute atomic E-state index is 0.0784. The molecule has 0 atom stereocenters. The number of aromatic nitrogens is 3. The van der Waals surface area contributed by atoms with Gasteiger partial charge in [0.15, 0.2) is 20.7 Å². The predicted molar refractivity (Wildman–Crippen MR) is 109 cm³/mol. The van der Waals surface area contributed by atoms with Crippen LogP contribution in [0.15, 0.2) is 29.3 Å². The molecule has 28 heavy (non-hydrogen) atoms. The van der Waals surface area contributed by atoms with Gasteiger partial charge in [-0.25, -0.2) is 23.4 Å². The summed E-state index contributed by atoms with van der Waals surface area (Å²) in [6.45, 7) is 1.70. The second-order valence-corrected chi connectivity index (χ2v) is 9.89. The lowest BCUT2D eigenvalue weighted by atomic mass is 10.3. The molecule has 2 aromatic heterocycles. The minimum Gasteiger partial charge on any atom is -0.341 e. The van der Waals surface area contributed by atoms with Gasteiger partial charge in [0.2, 0.25) is 5.95 Å². The maximum Gasteiger partial charge on any atom is 0.277 e. The molecule has 0 spiro atoms. The lowest BCUT2D eigenvalue weighted by Crippen LogP contribution is -2.23. The number of nitrogens with zero attached hydrogens (tertiary/aromatic N) is 4. The average molecular weight is 438 g/mol. The number of halogens is 1. The molecule has 1 N–H and O–H groups in total. The van der Waals surface area contributed by atoms with E-state index in [2.05, 4.69) is 20.3 Å². The number of thiazole rings is 1. The van der Waals surface area contributed by atoms with Crippen LogP contribution in [0.5, 0.6) is 0 Å². The van der Waals surface area contributed by atoms with E-state index in [1.807, 2.05) is 4.90 Å². The van der Waals surface area contributed by atoms with Crippen molar-refractivity contribution in [3.63, 3.8) is 0 Å². The van der Waals surface area contributed by atoms with Gasteiger partial charge in [-0.15, -0.1) is 0 Å². The van der Waals surface area contributed by atoms with Crippen molar-refractivity contribution in [2.75, 3.05) is 29.6 Å². The zero-order chi connectivity index (χ0) is 19.9. The lowest BCUT2D eigenvalue weighted by Gasteiger charge is -2.15. The molecule has 8 nitrogen and oxygen atoms in total. The largest absolute Gasteiger partial charge is 0.341 e. The van der Waals surface area contributed by atoms with E-state index in [9.17, 15) is 13.2 Å². The Hall–Kier alpha value is -2.30. The van der Waals surface area contributed by atoms with Gasteiger partial charge < -0.3 is 4.90 Å².